The van der Waals surface area contributed by atoms with E-state index in [1.54, 1.807) is 6.20 Å². The fraction of sp³-hybridized carbons (Fsp3) is 0.130. The average Bonchev–Trinajstić information content (AvgIpc) is 3.24. The minimum Gasteiger partial charge on any atom is -0.325 e. The minimum atomic E-state index is -0.345. The van der Waals surface area contributed by atoms with Crippen molar-refractivity contribution >= 4 is 23.2 Å². The molecule has 144 valence electrons. The Bertz CT molecular complexity index is 1070. The average molecular weight is 403 g/mol. The van der Waals surface area contributed by atoms with Crippen LogP contribution >= 0.6 is 11.6 Å². The van der Waals surface area contributed by atoms with E-state index in [2.05, 4.69) is 33.0 Å². The van der Waals surface area contributed by atoms with E-state index in [1.165, 1.54) is 0 Å². The molecule has 2 aromatic carbocycles. The van der Waals surface area contributed by atoms with Crippen molar-refractivity contribution in [1.29, 1.82) is 0 Å². The van der Waals surface area contributed by atoms with Crippen molar-refractivity contribution in [3.63, 3.8) is 0 Å². The van der Waals surface area contributed by atoms with Gasteiger partial charge in [0, 0.05) is 28.5 Å². The third-order valence-corrected chi connectivity index (χ3v) is 4.84. The van der Waals surface area contributed by atoms with Gasteiger partial charge in [0.25, 0.3) is 0 Å². The van der Waals surface area contributed by atoms with E-state index in [-0.39, 0.29) is 18.0 Å². The highest BCUT2D eigenvalue weighted by molar-refractivity contribution is 6.30. The van der Waals surface area contributed by atoms with Crippen molar-refractivity contribution in [3.8, 4) is 11.8 Å². The lowest BCUT2D eigenvalue weighted by Crippen LogP contribution is -2.39. The van der Waals surface area contributed by atoms with Gasteiger partial charge in [-0.05, 0) is 60.4 Å². The van der Waals surface area contributed by atoms with Gasteiger partial charge < -0.3 is 5.32 Å². The molecule has 3 aromatic rings. The predicted molar refractivity (Wildman–Crippen MR) is 114 cm³/mol. The van der Waals surface area contributed by atoms with Crippen molar-refractivity contribution < 1.29 is 4.79 Å². The zero-order chi connectivity index (χ0) is 20.1. The summed E-state index contributed by atoms with van der Waals surface area (Å²) in [6, 6.07) is 20.4. The van der Waals surface area contributed by atoms with Gasteiger partial charge in [0.15, 0.2) is 0 Å². The third-order valence-electron chi connectivity index (χ3n) is 4.60. The van der Waals surface area contributed by atoms with Crippen LogP contribution in [0, 0.1) is 11.8 Å². The summed E-state index contributed by atoms with van der Waals surface area (Å²) in [7, 11) is 0. The number of carbonyl (C=O) groups is 1. The molecule has 1 aliphatic heterocycles. The van der Waals surface area contributed by atoms with Gasteiger partial charge in [0.05, 0.1) is 0 Å². The number of nitrogens with zero attached hydrogens (tertiary/aromatic N) is 1. The first kappa shape index (κ1) is 19.2. The normalized spacial score (nSPS) is 18.0. The van der Waals surface area contributed by atoms with Crippen LogP contribution in [0.3, 0.4) is 0 Å². The fourth-order valence-electron chi connectivity index (χ4n) is 3.15. The second-order valence-corrected chi connectivity index (χ2v) is 7.16. The molecule has 5 nitrogen and oxygen atoms in total. The van der Waals surface area contributed by atoms with Gasteiger partial charge >= 0.3 is 0 Å². The Labute approximate surface area is 174 Å². The smallest absolute Gasteiger partial charge is 0.242 e. The summed E-state index contributed by atoms with van der Waals surface area (Å²) in [6.07, 6.45) is 2.34. The van der Waals surface area contributed by atoms with Crippen LogP contribution in [-0.2, 0) is 4.79 Å². The molecular formula is C23H19ClN4O. The second kappa shape index (κ2) is 8.89. The van der Waals surface area contributed by atoms with Crippen LogP contribution in [0.2, 0.25) is 5.02 Å². The first-order valence-electron chi connectivity index (χ1n) is 9.28. The van der Waals surface area contributed by atoms with Gasteiger partial charge in [0.1, 0.15) is 11.7 Å². The lowest BCUT2D eigenvalue weighted by atomic mass is 10.0. The summed E-state index contributed by atoms with van der Waals surface area (Å²) < 4.78 is 0. The zero-order valence-electron chi connectivity index (χ0n) is 15.5. The molecular weight excluding hydrogens is 384 g/mol. The Morgan fingerprint density at radius 2 is 1.93 bits per heavy atom. The summed E-state index contributed by atoms with van der Waals surface area (Å²) in [5, 5.41) is 3.64. The monoisotopic (exact) mass is 402 g/mol. The quantitative estimate of drug-likeness (QED) is 0.585. The molecule has 4 rings (SSSR count). The molecule has 29 heavy (non-hydrogen) atoms. The van der Waals surface area contributed by atoms with Crippen molar-refractivity contribution in [2.75, 3.05) is 5.32 Å². The van der Waals surface area contributed by atoms with Crippen molar-refractivity contribution in [2.45, 2.75) is 18.5 Å². The summed E-state index contributed by atoms with van der Waals surface area (Å²) in [5.74, 6) is 5.99. The lowest BCUT2D eigenvalue weighted by molar-refractivity contribution is -0.117. The number of hydrogen-bond acceptors (Lipinski definition) is 4. The number of amides is 1. The number of pyridine rings is 1. The molecule has 0 spiro atoms. The van der Waals surface area contributed by atoms with Crippen LogP contribution in [0.25, 0.3) is 0 Å². The summed E-state index contributed by atoms with van der Waals surface area (Å²) >= 11 is 6.07. The van der Waals surface area contributed by atoms with E-state index in [1.807, 2.05) is 66.7 Å². The number of hydrazine groups is 1. The predicted octanol–water partition coefficient (Wildman–Crippen LogP) is 3.68. The molecule has 0 bridgehead atoms. The van der Waals surface area contributed by atoms with E-state index in [4.69, 9.17) is 11.6 Å². The minimum absolute atomic E-state index is 0.0278. The molecule has 2 unspecified atom stereocenters. The Balaban J connectivity index is 1.40. The molecule has 0 aliphatic carbocycles. The molecule has 2 atom stereocenters. The summed E-state index contributed by atoms with van der Waals surface area (Å²) in [4.78, 5) is 16.9. The molecule has 1 aromatic heterocycles. The van der Waals surface area contributed by atoms with Gasteiger partial charge in [-0.25, -0.2) is 15.8 Å². The molecule has 6 heteroatoms. The number of hydrogen-bond donors (Lipinski definition) is 3. The Morgan fingerprint density at radius 1 is 1.03 bits per heavy atom. The van der Waals surface area contributed by atoms with Gasteiger partial charge in [-0.15, -0.1) is 0 Å². The highest BCUT2D eigenvalue weighted by Crippen LogP contribution is 2.25. The lowest BCUT2D eigenvalue weighted by Gasteiger charge is -2.11. The number of aromatic nitrogens is 1. The van der Waals surface area contributed by atoms with Crippen molar-refractivity contribution in [3.05, 3.63) is 94.8 Å². The van der Waals surface area contributed by atoms with Gasteiger partial charge in [-0.2, -0.15) is 0 Å². The van der Waals surface area contributed by atoms with Crippen LogP contribution in [0.4, 0.5) is 5.69 Å². The van der Waals surface area contributed by atoms with Gasteiger partial charge in [0.2, 0.25) is 5.91 Å². The van der Waals surface area contributed by atoms with Crippen molar-refractivity contribution in [2.24, 2.45) is 0 Å². The van der Waals surface area contributed by atoms with Crippen LogP contribution in [0.1, 0.15) is 29.3 Å². The Kier molecular flexibility index (Phi) is 5.87. The van der Waals surface area contributed by atoms with Crippen LogP contribution in [0.5, 0.6) is 0 Å². The molecule has 0 radical (unpaired) electrons. The number of nitrogens with one attached hydrogen (secondary N) is 3. The number of anilines is 1. The first-order chi connectivity index (χ1) is 14.2. The van der Waals surface area contributed by atoms with Gasteiger partial charge in [-0.1, -0.05) is 41.8 Å². The first-order valence-corrected chi connectivity index (χ1v) is 9.66. The maximum Gasteiger partial charge on any atom is 0.242 e. The Morgan fingerprint density at radius 3 is 2.76 bits per heavy atom. The molecule has 1 aliphatic rings. The van der Waals surface area contributed by atoms with Gasteiger partial charge in [-0.3, -0.25) is 4.79 Å². The summed E-state index contributed by atoms with van der Waals surface area (Å²) in [5.41, 5.74) is 9.50. The standard InChI is InChI=1S/C23H19ClN4O/c24-18-7-4-6-17(14-18)21-15-22(28-27-21)23(29)26-20-9-3-5-16(13-20)10-11-19-8-1-2-12-25-19/h1-9,12-14,21-22,27-28H,15H2,(H,26,29). The van der Waals surface area contributed by atoms with Crippen LogP contribution < -0.4 is 16.2 Å². The summed E-state index contributed by atoms with van der Waals surface area (Å²) in [6.45, 7) is 0. The number of rotatable bonds is 3. The number of halogens is 1. The fourth-order valence-corrected chi connectivity index (χ4v) is 3.35. The molecule has 3 N–H and O–H groups in total. The van der Waals surface area contributed by atoms with E-state index in [9.17, 15) is 4.79 Å². The Hall–Kier alpha value is -3.17. The topological polar surface area (TPSA) is 66.0 Å². The highest BCUT2D eigenvalue weighted by Gasteiger charge is 2.30. The molecule has 1 saturated heterocycles. The van der Waals surface area contributed by atoms with Crippen molar-refractivity contribution in [1.82, 2.24) is 15.8 Å². The van der Waals surface area contributed by atoms with E-state index >= 15 is 0 Å². The van der Waals surface area contributed by atoms with Crippen LogP contribution in [0.15, 0.2) is 72.9 Å². The van der Waals surface area contributed by atoms with E-state index in [0.29, 0.717) is 22.8 Å². The number of benzene rings is 2. The third kappa shape index (κ3) is 5.01. The van der Waals surface area contributed by atoms with Crippen LogP contribution in [-0.4, -0.2) is 16.9 Å². The zero-order valence-corrected chi connectivity index (χ0v) is 16.3. The number of carbonyl (C=O) groups excluding carboxylic acids is 1. The maximum atomic E-state index is 12.7. The van der Waals surface area contributed by atoms with E-state index in [0.717, 1.165) is 11.1 Å². The van der Waals surface area contributed by atoms with E-state index < -0.39 is 0 Å². The molecule has 0 saturated carbocycles. The second-order valence-electron chi connectivity index (χ2n) is 6.72. The maximum absolute atomic E-state index is 12.7. The molecule has 1 fully saturated rings. The highest BCUT2D eigenvalue weighted by atomic mass is 35.5. The SMILES string of the molecule is O=C(Nc1cccc(C#Cc2ccccn2)c1)C1CC(c2cccc(Cl)c2)NN1. The molecule has 1 amide bonds. The molecule has 2 heterocycles. The largest absolute Gasteiger partial charge is 0.325 e.